The Balaban J connectivity index is 2.97. The number of imide groups is 1. The number of anilines is 1. The zero-order valence-electron chi connectivity index (χ0n) is 9.87. The number of carbonyl (C=O) groups is 3. The second-order valence-corrected chi connectivity index (χ2v) is 5.85. The molecule has 0 saturated heterocycles. The first-order valence-electron chi connectivity index (χ1n) is 5.16. The number of hydrogen-bond donors (Lipinski definition) is 3. The maximum Gasteiger partial charge on any atom is 0.319 e. The molecule has 1 aromatic carbocycles. The summed E-state index contributed by atoms with van der Waals surface area (Å²) in [5.74, 6) is -0.897. The van der Waals surface area contributed by atoms with Crippen molar-refractivity contribution >= 4 is 55.4 Å². The first-order chi connectivity index (χ1) is 8.81. The lowest BCUT2D eigenvalue weighted by molar-refractivity contribution is -0.115. The number of amides is 4. The number of hydrogen-bond acceptors (Lipinski definition) is 3. The third kappa shape index (κ3) is 4.64. The summed E-state index contributed by atoms with van der Waals surface area (Å²) < 4.78 is 0.483. The highest BCUT2D eigenvalue weighted by molar-refractivity contribution is 9.10. The van der Waals surface area contributed by atoms with Crippen LogP contribution in [0, 0.1) is 0 Å². The van der Waals surface area contributed by atoms with Gasteiger partial charge in [0.1, 0.15) is 0 Å². The van der Waals surface area contributed by atoms with Crippen molar-refractivity contribution in [3.8, 4) is 0 Å². The summed E-state index contributed by atoms with van der Waals surface area (Å²) in [6.45, 7) is 1.68. The Labute approximate surface area is 126 Å². The van der Waals surface area contributed by atoms with Crippen LogP contribution in [0.5, 0.6) is 0 Å². The van der Waals surface area contributed by atoms with Crippen molar-refractivity contribution in [3.63, 3.8) is 0 Å². The van der Waals surface area contributed by atoms with E-state index in [1.807, 2.05) is 5.32 Å². The fourth-order valence-electron chi connectivity index (χ4n) is 1.20. The maximum absolute atomic E-state index is 11.7. The molecule has 4 amide bonds. The summed E-state index contributed by atoms with van der Waals surface area (Å²) in [5.41, 5.74) is 5.51. The smallest absolute Gasteiger partial charge is 0.319 e. The van der Waals surface area contributed by atoms with Crippen LogP contribution < -0.4 is 16.4 Å². The predicted octanol–water partition coefficient (Wildman–Crippen LogP) is 1.98. The molecule has 1 rings (SSSR count). The minimum atomic E-state index is -0.944. The third-order valence-corrected chi connectivity index (χ3v) is 3.18. The van der Waals surface area contributed by atoms with Gasteiger partial charge >= 0.3 is 6.03 Å². The number of rotatable bonds is 3. The van der Waals surface area contributed by atoms with Gasteiger partial charge < -0.3 is 11.1 Å². The Morgan fingerprint density at radius 2 is 1.95 bits per heavy atom. The SMILES string of the molecule is C[C@@H](Br)C(=O)Nc1ccc(Br)c(C(=O)NC(N)=O)c1. The molecule has 1 aromatic rings. The Hall–Kier alpha value is -1.41. The molecule has 19 heavy (non-hydrogen) atoms. The number of primary amides is 1. The number of alkyl halides is 1. The summed E-state index contributed by atoms with van der Waals surface area (Å²) in [6.07, 6.45) is 0. The Kier molecular flexibility index (Phi) is 5.49. The summed E-state index contributed by atoms with van der Waals surface area (Å²) >= 11 is 6.31. The van der Waals surface area contributed by atoms with Gasteiger partial charge in [0, 0.05) is 10.2 Å². The van der Waals surface area contributed by atoms with Crippen molar-refractivity contribution in [3.05, 3.63) is 28.2 Å². The normalized spacial score (nSPS) is 11.5. The van der Waals surface area contributed by atoms with Crippen LogP contribution >= 0.6 is 31.9 Å². The van der Waals surface area contributed by atoms with E-state index in [4.69, 9.17) is 5.73 Å². The van der Waals surface area contributed by atoms with E-state index in [9.17, 15) is 14.4 Å². The van der Waals surface area contributed by atoms with Crippen LogP contribution in [0.15, 0.2) is 22.7 Å². The molecule has 0 radical (unpaired) electrons. The zero-order chi connectivity index (χ0) is 14.6. The quantitative estimate of drug-likeness (QED) is 0.685. The minimum Gasteiger partial charge on any atom is -0.351 e. The van der Waals surface area contributed by atoms with Crippen LogP contribution in [-0.4, -0.2) is 22.7 Å². The van der Waals surface area contributed by atoms with Crippen LogP contribution in [0.25, 0.3) is 0 Å². The van der Waals surface area contributed by atoms with Crippen LogP contribution in [0.3, 0.4) is 0 Å². The fraction of sp³-hybridized carbons (Fsp3) is 0.182. The third-order valence-electron chi connectivity index (χ3n) is 2.08. The van der Waals surface area contributed by atoms with Crippen molar-refractivity contribution in [2.45, 2.75) is 11.8 Å². The molecular weight excluding hydrogens is 382 g/mol. The van der Waals surface area contributed by atoms with Gasteiger partial charge in [0.25, 0.3) is 5.91 Å². The van der Waals surface area contributed by atoms with Crippen LogP contribution in [0.4, 0.5) is 10.5 Å². The number of halogens is 2. The molecule has 0 aliphatic carbocycles. The van der Waals surface area contributed by atoms with E-state index >= 15 is 0 Å². The lowest BCUT2D eigenvalue weighted by atomic mass is 10.2. The molecule has 0 spiro atoms. The largest absolute Gasteiger partial charge is 0.351 e. The first-order valence-corrected chi connectivity index (χ1v) is 6.87. The molecule has 102 valence electrons. The van der Waals surface area contributed by atoms with Gasteiger partial charge in [-0.25, -0.2) is 4.79 Å². The minimum absolute atomic E-state index is 0.193. The average molecular weight is 393 g/mol. The van der Waals surface area contributed by atoms with E-state index < -0.39 is 11.9 Å². The van der Waals surface area contributed by atoms with Crippen LogP contribution in [-0.2, 0) is 4.79 Å². The van der Waals surface area contributed by atoms with Crippen LogP contribution in [0.1, 0.15) is 17.3 Å². The second-order valence-electron chi connectivity index (χ2n) is 3.62. The molecule has 6 nitrogen and oxygen atoms in total. The van der Waals surface area contributed by atoms with Gasteiger partial charge in [-0.3, -0.25) is 14.9 Å². The number of nitrogens with two attached hydrogens (primary N) is 1. The van der Waals surface area contributed by atoms with Gasteiger partial charge in [-0.1, -0.05) is 15.9 Å². The summed E-state index contributed by atoms with van der Waals surface area (Å²) in [5, 5.41) is 4.57. The van der Waals surface area contributed by atoms with Crippen molar-refractivity contribution in [1.29, 1.82) is 0 Å². The first kappa shape index (κ1) is 15.6. The Morgan fingerprint density at radius 1 is 1.32 bits per heavy atom. The summed E-state index contributed by atoms with van der Waals surface area (Å²) in [7, 11) is 0. The molecular formula is C11H11Br2N3O3. The highest BCUT2D eigenvalue weighted by atomic mass is 79.9. The highest BCUT2D eigenvalue weighted by Gasteiger charge is 2.14. The van der Waals surface area contributed by atoms with E-state index in [1.54, 1.807) is 19.1 Å². The zero-order valence-corrected chi connectivity index (χ0v) is 13.0. The Bertz CT molecular complexity index is 532. The molecule has 0 saturated carbocycles. The fourth-order valence-corrected chi connectivity index (χ4v) is 1.74. The Morgan fingerprint density at radius 3 is 2.47 bits per heavy atom. The molecule has 0 aromatic heterocycles. The molecule has 0 fully saturated rings. The second kappa shape index (κ2) is 6.67. The average Bonchev–Trinajstić information content (AvgIpc) is 2.30. The molecule has 0 aliphatic rings. The molecule has 0 unspecified atom stereocenters. The van der Waals surface area contributed by atoms with Crippen molar-refractivity contribution < 1.29 is 14.4 Å². The highest BCUT2D eigenvalue weighted by Crippen LogP contribution is 2.21. The monoisotopic (exact) mass is 391 g/mol. The molecule has 0 bridgehead atoms. The molecule has 0 heterocycles. The van der Waals surface area contributed by atoms with Crippen LogP contribution in [0.2, 0.25) is 0 Å². The molecule has 8 heteroatoms. The summed E-state index contributed by atoms with van der Waals surface area (Å²) in [6, 6.07) is 3.71. The van der Waals surface area contributed by atoms with Gasteiger partial charge in [0.05, 0.1) is 10.4 Å². The van der Waals surface area contributed by atoms with Gasteiger partial charge in [-0.2, -0.15) is 0 Å². The van der Waals surface area contributed by atoms with Gasteiger partial charge in [-0.15, -0.1) is 0 Å². The lowest BCUT2D eigenvalue weighted by Crippen LogP contribution is -2.35. The van der Waals surface area contributed by atoms with Gasteiger partial charge in [0.2, 0.25) is 5.91 Å². The number of urea groups is 1. The topological polar surface area (TPSA) is 101 Å². The van der Waals surface area contributed by atoms with Gasteiger partial charge in [-0.05, 0) is 41.1 Å². The van der Waals surface area contributed by atoms with Gasteiger partial charge in [0.15, 0.2) is 0 Å². The number of carbonyl (C=O) groups excluding carboxylic acids is 3. The van der Waals surface area contributed by atoms with Crippen molar-refractivity contribution in [2.75, 3.05) is 5.32 Å². The molecule has 1 atom stereocenters. The van der Waals surface area contributed by atoms with Crippen molar-refractivity contribution in [2.24, 2.45) is 5.73 Å². The van der Waals surface area contributed by atoms with E-state index in [-0.39, 0.29) is 16.3 Å². The summed E-state index contributed by atoms with van der Waals surface area (Å²) in [4.78, 5) is 33.5. The van der Waals surface area contributed by atoms with Crippen molar-refractivity contribution in [1.82, 2.24) is 5.32 Å². The number of nitrogens with one attached hydrogen (secondary N) is 2. The number of benzene rings is 1. The van der Waals surface area contributed by atoms with E-state index in [0.717, 1.165) is 0 Å². The van der Waals surface area contributed by atoms with E-state index in [2.05, 4.69) is 37.2 Å². The predicted molar refractivity (Wildman–Crippen MR) is 78.2 cm³/mol. The standard InChI is InChI=1S/C11H11Br2N3O3/c1-5(12)9(17)15-6-2-3-8(13)7(4-6)10(18)16-11(14)19/h2-5H,1H3,(H,15,17)(H3,14,16,18,19)/t5-/m1/s1. The lowest BCUT2D eigenvalue weighted by Gasteiger charge is -2.09. The maximum atomic E-state index is 11.7. The molecule has 4 N–H and O–H groups in total. The van der Waals surface area contributed by atoms with E-state index in [1.165, 1.54) is 6.07 Å². The molecule has 0 aliphatic heterocycles. The van der Waals surface area contributed by atoms with E-state index in [0.29, 0.717) is 10.2 Å².